The second kappa shape index (κ2) is 20.2. The predicted molar refractivity (Wildman–Crippen MR) is 229 cm³/mol. The summed E-state index contributed by atoms with van der Waals surface area (Å²) in [6, 6.07) is 22.8. The van der Waals surface area contributed by atoms with E-state index in [-0.39, 0.29) is 28.1 Å². The van der Waals surface area contributed by atoms with Crippen molar-refractivity contribution in [3.05, 3.63) is 142 Å². The Kier molecular flexibility index (Phi) is 15.1. The predicted octanol–water partition coefficient (Wildman–Crippen LogP) is 8.61. The summed E-state index contributed by atoms with van der Waals surface area (Å²) in [5.74, 6) is 0.270. The first-order chi connectivity index (χ1) is 30.1. The maximum Gasteiger partial charge on any atom is 0.416 e. The number of hydrogen-bond donors (Lipinski definition) is 4. The minimum atomic E-state index is -4.47. The Morgan fingerprint density at radius 1 is 0.635 bits per heavy atom. The first-order valence-electron chi connectivity index (χ1n) is 20.8. The van der Waals surface area contributed by atoms with Crippen LogP contribution in [0.1, 0.15) is 70.2 Å². The first-order valence-corrected chi connectivity index (χ1v) is 20.8. The second-order valence-corrected chi connectivity index (χ2v) is 15.8. The maximum atomic E-state index is 13.2. The Labute approximate surface area is 363 Å². The number of halogens is 6. The standard InChI is InChI=1S/C24H25F3N2O2.C14H20N2O.C10H7F3O2/c1-31-19-7-8-20-18(16-19)10-13-28-23(20)11-14-29(15-12-23)22(30)9-6-17-4-2-3-5-21(17)24(25,26)27;1-17-12-2-3-13-11(10-12)4-7-16-14(13)5-8-15-9-6-14;11-10(12,13)8-4-2-1-3-7(8)5-6-9(14)15/h2-9,16,28H,10-15H2,1H3;2-3,10,15-16H,4-9H2,1H3;1-6H,(H,14,15)/b9-6+;;6-5+. The number of carboxylic acids is 1. The van der Waals surface area contributed by atoms with Gasteiger partial charge in [0.05, 0.1) is 25.3 Å². The summed E-state index contributed by atoms with van der Waals surface area (Å²) in [4.78, 5) is 24.5. The Morgan fingerprint density at radius 2 is 1.08 bits per heavy atom. The van der Waals surface area contributed by atoms with E-state index in [1.165, 1.54) is 83.6 Å². The summed E-state index contributed by atoms with van der Waals surface area (Å²) in [6.07, 6.45) is 1.10. The fraction of sp³-hybridized carbons (Fsp3) is 0.375. The van der Waals surface area contributed by atoms with Crippen LogP contribution in [0.3, 0.4) is 0 Å². The highest BCUT2D eigenvalue weighted by Gasteiger charge is 2.41. The molecule has 2 saturated heterocycles. The average Bonchev–Trinajstić information content (AvgIpc) is 3.28. The van der Waals surface area contributed by atoms with Gasteiger partial charge in [0.2, 0.25) is 5.91 Å². The number of rotatable bonds is 6. The van der Waals surface area contributed by atoms with E-state index in [0.717, 1.165) is 81.6 Å². The number of likely N-dealkylation sites (tertiary alicyclic amines) is 1. The molecule has 0 bridgehead atoms. The molecule has 15 heteroatoms. The van der Waals surface area contributed by atoms with Crippen LogP contribution in [0.15, 0.2) is 97.1 Å². The average molecular weight is 879 g/mol. The molecule has 0 radical (unpaired) electrons. The highest BCUT2D eigenvalue weighted by atomic mass is 19.4. The van der Waals surface area contributed by atoms with Crippen LogP contribution >= 0.6 is 0 Å². The number of hydrogen-bond acceptors (Lipinski definition) is 7. The zero-order chi connectivity index (χ0) is 45.3. The van der Waals surface area contributed by atoms with Crippen molar-refractivity contribution >= 4 is 24.0 Å². The Balaban J connectivity index is 0.000000174. The molecule has 2 spiro atoms. The van der Waals surface area contributed by atoms with Gasteiger partial charge in [-0.15, -0.1) is 0 Å². The summed E-state index contributed by atoms with van der Waals surface area (Å²) in [6.45, 7) is 5.25. The van der Waals surface area contributed by atoms with Crippen molar-refractivity contribution in [2.75, 3.05) is 53.5 Å². The highest BCUT2D eigenvalue weighted by molar-refractivity contribution is 5.92. The molecular formula is C48H52F6N4O5. The molecule has 4 aromatic carbocycles. The molecule has 0 atom stereocenters. The fourth-order valence-electron chi connectivity index (χ4n) is 8.89. The summed E-state index contributed by atoms with van der Waals surface area (Å²) in [5.41, 5.74) is 3.76. The number of ether oxygens (including phenoxy) is 2. The van der Waals surface area contributed by atoms with Gasteiger partial charge in [-0.25, -0.2) is 4.79 Å². The quantitative estimate of drug-likeness (QED) is 0.113. The molecule has 4 aliphatic heterocycles. The lowest BCUT2D eigenvalue weighted by Crippen LogP contribution is -2.54. The SMILES string of the molecule is COc1ccc2c(c1)CCNC21CCN(C(=O)/C=C/c2ccccc2C(F)(F)F)CC1.COc1ccc2c(c1)CCNC21CCNCC1.O=C(O)/C=C/c1ccccc1C(F)(F)F. The number of methoxy groups -OCH3 is 2. The van der Waals surface area contributed by atoms with E-state index in [1.54, 1.807) is 19.1 Å². The van der Waals surface area contributed by atoms with Gasteiger partial charge in [0.15, 0.2) is 0 Å². The normalized spacial score (nSPS) is 17.8. The summed E-state index contributed by atoms with van der Waals surface area (Å²) in [7, 11) is 3.40. The smallest absolute Gasteiger partial charge is 0.416 e. The number of carbonyl (C=O) groups is 2. The number of carbonyl (C=O) groups excluding carboxylic acids is 1. The van der Waals surface area contributed by atoms with Crippen molar-refractivity contribution in [3.8, 4) is 11.5 Å². The minimum Gasteiger partial charge on any atom is -0.497 e. The highest BCUT2D eigenvalue weighted by Crippen LogP contribution is 2.40. The van der Waals surface area contributed by atoms with Crippen molar-refractivity contribution in [3.63, 3.8) is 0 Å². The number of benzene rings is 4. The van der Waals surface area contributed by atoms with Crippen molar-refractivity contribution in [1.29, 1.82) is 0 Å². The first kappa shape index (κ1) is 46.9. The van der Waals surface area contributed by atoms with Gasteiger partial charge in [0, 0.05) is 49.4 Å². The van der Waals surface area contributed by atoms with Crippen molar-refractivity contribution in [2.45, 2.75) is 62.0 Å². The molecule has 4 aromatic rings. The third-order valence-electron chi connectivity index (χ3n) is 12.1. The number of carboxylic acid groups (broad SMARTS) is 1. The number of piperidine rings is 2. The molecule has 0 aliphatic carbocycles. The molecule has 0 saturated carbocycles. The van der Waals surface area contributed by atoms with E-state index in [4.69, 9.17) is 14.6 Å². The third-order valence-corrected chi connectivity index (χ3v) is 12.1. The monoisotopic (exact) mass is 878 g/mol. The molecule has 9 nitrogen and oxygen atoms in total. The molecule has 63 heavy (non-hydrogen) atoms. The molecule has 4 aliphatic rings. The summed E-state index contributed by atoms with van der Waals surface area (Å²) >= 11 is 0. The van der Waals surface area contributed by atoms with Crippen molar-refractivity contribution in [2.24, 2.45) is 0 Å². The van der Waals surface area contributed by atoms with Gasteiger partial charge >= 0.3 is 18.3 Å². The number of nitrogens with one attached hydrogen (secondary N) is 3. The summed E-state index contributed by atoms with van der Waals surface area (Å²) < 4.78 is 87.3. The van der Waals surface area contributed by atoms with E-state index in [9.17, 15) is 35.9 Å². The van der Waals surface area contributed by atoms with Gasteiger partial charge in [-0.3, -0.25) is 4.79 Å². The lowest BCUT2D eigenvalue weighted by molar-refractivity contribution is -0.138. The van der Waals surface area contributed by atoms with Crippen molar-refractivity contribution in [1.82, 2.24) is 20.9 Å². The summed E-state index contributed by atoms with van der Waals surface area (Å²) in [5, 5.41) is 19.1. The van der Waals surface area contributed by atoms with E-state index >= 15 is 0 Å². The van der Waals surface area contributed by atoms with Crippen LogP contribution in [0.4, 0.5) is 26.3 Å². The van der Waals surface area contributed by atoms with Gasteiger partial charge in [-0.05, 0) is 134 Å². The lowest BCUT2D eigenvalue weighted by Gasteiger charge is -2.46. The van der Waals surface area contributed by atoms with Gasteiger partial charge in [0.25, 0.3) is 0 Å². The van der Waals surface area contributed by atoms with Crippen LogP contribution in [0.2, 0.25) is 0 Å². The van der Waals surface area contributed by atoms with E-state index < -0.39 is 29.4 Å². The third kappa shape index (κ3) is 11.5. The van der Waals surface area contributed by atoms with E-state index in [2.05, 4.69) is 46.3 Å². The topological polar surface area (TPSA) is 112 Å². The van der Waals surface area contributed by atoms with Crippen LogP contribution in [0, 0.1) is 0 Å². The van der Waals surface area contributed by atoms with Gasteiger partial charge < -0.3 is 35.4 Å². The minimum absolute atomic E-state index is 0.00588. The zero-order valence-electron chi connectivity index (χ0n) is 35.2. The molecule has 336 valence electrons. The molecule has 0 unspecified atom stereocenters. The van der Waals surface area contributed by atoms with Crippen LogP contribution in [0.25, 0.3) is 12.2 Å². The number of amides is 1. The maximum absolute atomic E-state index is 13.2. The molecule has 4 heterocycles. The lowest BCUT2D eigenvalue weighted by atomic mass is 9.76. The molecular weight excluding hydrogens is 827 g/mol. The van der Waals surface area contributed by atoms with Gasteiger partial charge in [-0.1, -0.05) is 48.5 Å². The van der Waals surface area contributed by atoms with Gasteiger partial charge in [0.1, 0.15) is 11.5 Å². The number of aliphatic carboxylic acids is 1. The molecule has 1 amide bonds. The Bertz CT molecular complexity index is 2280. The Morgan fingerprint density at radius 3 is 1.52 bits per heavy atom. The van der Waals surface area contributed by atoms with E-state index in [0.29, 0.717) is 19.2 Å². The molecule has 0 aromatic heterocycles. The Hall–Kier alpha value is -5.64. The number of fused-ring (bicyclic) bond motifs is 4. The van der Waals surface area contributed by atoms with Crippen molar-refractivity contribution < 1.29 is 50.5 Å². The molecule has 8 rings (SSSR count). The van der Waals surface area contributed by atoms with Crippen LogP contribution in [-0.2, 0) is 45.9 Å². The van der Waals surface area contributed by atoms with E-state index in [1.807, 2.05) is 6.07 Å². The van der Waals surface area contributed by atoms with Crippen LogP contribution in [-0.4, -0.2) is 75.4 Å². The number of nitrogens with zero attached hydrogens (tertiary/aromatic N) is 1. The molecule has 2 fully saturated rings. The molecule has 4 N–H and O–H groups in total. The fourth-order valence-corrected chi connectivity index (χ4v) is 8.89. The number of alkyl halides is 6. The zero-order valence-corrected chi connectivity index (χ0v) is 35.2. The largest absolute Gasteiger partial charge is 0.497 e. The second-order valence-electron chi connectivity index (χ2n) is 15.8. The van der Waals surface area contributed by atoms with Crippen LogP contribution in [0.5, 0.6) is 11.5 Å². The van der Waals surface area contributed by atoms with Crippen LogP contribution < -0.4 is 25.4 Å². The van der Waals surface area contributed by atoms with Gasteiger partial charge in [-0.2, -0.15) is 26.3 Å².